The Hall–Kier alpha value is -1.59. The SMILES string of the molecule is CN(C(N)=O)c1cccc(CN2CCNCC2)c1. The van der Waals surface area contributed by atoms with Gasteiger partial charge < -0.3 is 11.1 Å². The number of nitrogens with zero attached hydrogens (tertiary/aromatic N) is 2. The van der Waals surface area contributed by atoms with Crippen molar-refractivity contribution < 1.29 is 4.79 Å². The van der Waals surface area contributed by atoms with Crippen molar-refractivity contribution >= 4 is 11.7 Å². The highest BCUT2D eigenvalue weighted by molar-refractivity contribution is 5.90. The number of primary amides is 1. The normalized spacial score (nSPS) is 16.5. The van der Waals surface area contributed by atoms with Gasteiger partial charge in [-0.15, -0.1) is 0 Å². The lowest BCUT2D eigenvalue weighted by atomic mass is 10.1. The van der Waals surface area contributed by atoms with Gasteiger partial charge in [-0.3, -0.25) is 9.80 Å². The monoisotopic (exact) mass is 248 g/mol. The molecule has 0 unspecified atom stereocenters. The average molecular weight is 248 g/mol. The topological polar surface area (TPSA) is 61.6 Å². The Labute approximate surface area is 108 Å². The molecule has 1 aromatic rings. The average Bonchev–Trinajstić information content (AvgIpc) is 2.39. The number of hydrogen-bond donors (Lipinski definition) is 2. The number of rotatable bonds is 3. The molecule has 98 valence electrons. The molecular formula is C13H20N4O. The van der Waals surface area contributed by atoms with Crippen molar-refractivity contribution in [3.8, 4) is 0 Å². The molecule has 1 fully saturated rings. The van der Waals surface area contributed by atoms with Gasteiger partial charge in [-0.05, 0) is 17.7 Å². The number of benzene rings is 1. The highest BCUT2D eigenvalue weighted by Crippen LogP contribution is 2.16. The highest BCUT2D eigenvalue weighted by Gasteiger charge is 2.11. The number of anilines is 1. The predicted octanol–water partition coefficient (Wildman–Crippen LogP) is 0.607. The maximum Gasteiger partial charge on any atom is 0.318 e. The fourth-order valence-corrected chi connectivity index (χ4v) is 2.12. The number of piperazine rings is 1. The van der Waals surface area contributed by atoms with Gasteiger partial charge >= 0.3 is 6.03 Å². The predicted molar refractivity (Wildman–Crippen MR) is 72.6 cm³/mol. The number of carbonyl (C=O) groups excluding carboxylic acids is 1. The van der Waals surface area contributed by atoms with Crippen LogP contribution >= 0.6 is 0 Å². The lowest BCUT2D eigenvalue weighted by Crippen LogP contribution is -2.42. The third-order valence-electron chi connectivity index (χ3n) is 3.24. The maximum atomic E-state index is 11.1. The van der Waals surface area contributed by atoms with Gasteiger partial charge in [-0.25, -0.2) is 4.79 Å². The summed E-state index contributed by atoms with van der Waals surface area (Å²) in [6, 6.07) is 7.53. The van der Waals surface area contributed by atoms with E-state index in [9.17, 15) is 4.79 Å². The van der Waals surface area contributed by atoms with Crippen LogP contribution in [0, 0.1) is 0 Å². The zero-order chi connectivity index (χ0) is 13.0. The molecule has 0 bridgehead atoms. The number of nitrogens with two attached hydrogens (primary N) is 1. The molecule has 18 heavy (non-hydrogen) atoms. The molecule has 1 saturated heterocycles. The lowest BCUT2D eigenvalue weighted by molar-refractivity contribution is 0.233. The van der Waals surface area contributed by atoms with Crippen molar-refractivity contribution in [1.29, 1.82) is 0 Å². The third kappa shape index (κ3) is 3.21. The molecule has 5 nitrogen and oxygen atoms in total. The van der Waals surface area contributed by atoms with Gasteiger partial charge in [0.2, 0.25) is 0 Å². The fraction of sp³-hybridized carbons (Fsp3) is 0.462. The Bertz CT molecular complexity index is 415. The van der Waals surface area contributed by atoms with Gasteiger partial charge in [0, 0.05) is 45.5 Å². The fourth-order valence-electron chi connectivity index (χ4n) is 2.12. The number of amides is 2. The van der Waals surface area contributed by atoms with Crippen molar-refractivity contribution in [3.63, 3.8) is 0 Å². The van der Waals surface area contributed by atoms with Crippen LogP contribution in [-0.2, 0) is 6.54 Å². The smallest absolute Gasteiger partial charge is 0.318 e. The van der Waals surface area contributed by atoms with Crippen LogP contribution in [0.25, 0.3) is 0 Å². The van der Waals surface area contributed by atoms with Gasteiger partial charge in [-0.1, -0.05) is 12.1 Å². The first-order valence-electron chi connectivity index (χ1n) is 6.22. The summed E-state index contributed by atoms with van der Waals surface area (Å²) in [7, 11) is 1.69. The minimum Gasteiger partial charge on any atom is -0.351 e. The summed E-state index contributed by atoms with van der Waals surface area (Å²) in [5.74, 6) is 0. The van der Waals surface area contributed by atoms with E-state index in [4.69, 9.17) is 5.73 Å². The summed E-state index contributed by atoms with van der Waals surface area (Å²) in [5, 5.41) is 3.33. The van der Waals surface area contributed by atoms with Crippen molar-refractivity contribution in [3.05, 3.63) is 29.8 Å². The molecule has 0 spiro atoms. The van der Waals surface area contributed by atoms with Crippen molar-refractivity contribution in [2.45, 2.75) is 6.54 Å². The van der Waals surface area contributed by atoms with E-state index < -0.39 is 6.03 Å². The van der Waals surface area contributed by atoms with E-state index in [1.165, 1.54) is 10.5 Å². The van der Waals surface area contributed by atoms with E-state index in [1.807, 2.05) is 18.2 Å². The molecule has 0 aromatic heterocycles. The lowest BCUT2D eigenvalue weighted by Gasteiger charge is -2.27. The molecule has 5 heteroatoms. The Morgan fingerprint density at radius 2 is 2.17 bits per heavy atom. The molecule has 0 aliphatic carbocycles. The minimum absolute atomic E-state index is 0.436. The Morgan fingerprint density at radius 1 is 1.44 bits per heavy atom. The van der Waals surface area contributed by atoms with E-state index in [0.29, 0.717) is 0 Å². The van der Waals surface area contributed by atoms with Gasteiger partial charge in [-0.2, -0.15) is 0 Å². The van der Waals surface area contributed by atoms with Crippen molar-refractivity contribution in [1.82, 2.24) is 10.2 Å². The van der Waals surface area contributed by atoms with E-state index in [-0.39, 0.29) is 0 Å². The summed E-state index contributed by atoms with van der Waals surface area (Å²) in [5.41, 5.74) is 7.32. The molecule has 1 heterocycles. The molecule has 3 N–H and O–H groups in total. The van der Waals surface area contributed by atoms with Crippen LogP contribution in [0.3, 0.4) is 0 Å². The standard InChI is InChI=1S/C13H20N4O/c1-16(13(14)18)12-4-2-3-11(9-12)10-17-7-5-15-6-8-17/h2-4,9,15H,5-8,10H2,1H3,(H2,14,18). The zero-order valence-corrected chi connectivity index (χ0v) is 10.7. The van der Waals surface area contributed by atoms with E-state index in [1.54, 1.807) is 7.05 Å². The van der Waals surface area contributed by atoms with Crippen LogP contribution in [-0.4, -0.2) is 44.2 Å². The largest absolute Gasteiger partial charge is 0.351 e. The number of carbonyl (C=O) groups is 1. The maximum absolute atomic E-state index is 11.1. The van der Waals surface area contributed by atoms with Crippen LogP contribution in [0.1, 0.15) is 5.56 Å². The molecule has 1 aliphatic rings. The van der Waals surface area contributed by atoms with Gasteiger partial charge in [0.25, 0.3) is 0 Å². The Morgan fingerprint density at radius 3 is 2.83 bits per heavy atom. The molecule has 1 aliphatic heterocycles. The molecule has 0 radical (unpaired) electrons. The number of urea groups is 1. The van der Waals surface area contributed by atoms with E-state index in [0.717, 1.165) is 38.4 Å². The van der Waals surface area contributed by atoms with E-state index >= 15 is 0 Å². The van der Waals surface area contributed by atoms with Gasteiger partial charge in [0.15, 0.2) is 0 Å². The first-order valence-corrected chi connectivity index (χ1v) is 6.22. The van der Waals surface area contributed by atoms with Gasteiger partial charge in [0.05, 0.1) is 0 Å². The minimum atomic E-state index is -0.436. The second kappa shape index (κ2) is 5.84. The molecular weight excluding hydrogens is 228 g/mol. The van der Waals surface area contributed by atoms with Crippen molar-refractivity contribution in [2.75, 3.05) is 38.1 Å². The molecule has 2 amide bonds. The number of nitrogens with one attached hydrogen (secondary N) is 1. The quantitative estimate of drug-likeness (QED) is 0.823. The highest BCUT2D eigenvalue weighted by atomic mass is 16.2. The summed E-state index contributed by atoms with van der Waals surface area (Å²) < 4.78 is 0. The summed E-state index contributed by atoms with van der Waals surface area (Å²) in [4.78, 5) is 15.0. The van der Waals surface area contributed by atoms with Crippen LogP contribution in [0.4, 0.5) is 10.5 Å². The Kier molecular flexibility index (Phi) is 4.17. The summed E-state index contributed by atoms with van der Waals surface area (Å²) >= 11 is 0. The molecule has 0 atom stereocenters. The summed E-state index contributed by atoms with van der Waals surface area (Å²) in [6.45, 7) is 5.13. The van der Waals surface area contributed by atoms with Crippen LogP contribution in [0.15, 0.2) is 24.3 Å². The van der Waals surface area contributed by atoms with Crippen molar-refractivity contribution in [2.24, 2.45) is 5.73 Å². The molecule has 1 aromatic carbocycles. The van der Waals surface area contributed by atoms with E-state index in [2.05, 4.69) is 16.3 Å². The second-order valence-electron chi connectivity index (χ2n) is 4.59. The molecule has 2 rings (SSSR count). The van der Waals surface area contributed by atoms with Crippen LogP contribution < -0.4 is 16.0 Å². The van der Waals surface area contributed by atoms with Crippen LogP contribution in [0.2, 0.25) is 0 Å². The number of hydrogen-bond acceptors (Lipinski definition) is 3. The molecule has 0 saturated carbocycles. The van der Waals surface area contributed by atoms with Gasteiger partial charge in [0.1, 0.15) is 0 Å². The third-order valence-corrected chi connectivity index (χ3v) is 3.24. The first kappa shape index (κ1) is 12.9. The van der Waals surface area contributed by atoms with Crippen LogP contribution in [0.5, 0.6) is 0 Å². The zero-order valence-electron chi connectivity index (χ0n) is 10.7. The summed E-state index contributed by atoms with van der Waals surface area (Å²) in [6.07, 6.45) is 0. The first-order chi connectivity index (χ1) is 8.66. The Balaban J connectivity index is 2.04. The second-order valence-corrected chi connectivity index (χ2v) is 4.59.